The summed E-state index contributed by atoms with van der Waals surface area (Å²) >= 11 is 0. The molecule has 0 N–H and O–H groups in total. The summed E-state index contributed by atoms with van der Waals surface area (Å²) in [6, 6.07) is 15.2. The van der Waals surface area contributed by atoms with Crippen molar-refractivity contribution in [2.45, 2.75) is 41.0 Å². The highest BCUT2D eigenvalue weighted by atomic mass is 16.5. The molecule has 0 aliphatic rings. The summed E-state index contributed by atoms with van der Waals surface area (Å²) in [6.45, 7) is 16.6. The van der Waals surface area contributed by atoms with Gasteiger partial charge < -0.3 is 4.74 Å². The first-order valence-corrected chi connectivity index (χ1v) is 8.35. The number of benzene rings is 2. The Morgan fingerprint density at radius 2 is 1.58 bits per heavy atom. The quantitative estimate of drug-likeness (QED) is 0.646. The maximum atomic E-state index is 10.9. The molecule has 0 aliphatic heterocycles. The van der Waals surface area contributed by atoms with E-state index in [1.54, 1.807) is 6.07 Å². The molecule has 0 saturated carbocycles. The Balaban J connectivity index is 0.00000123. The minimum atomic E-state index is 0.000150. The van der Waals surface area contributed by atoms with Crippen molar-refractivity contribution in [2.24, 2.45) is 0 Å². The van der Waals surface area contributed by atoms with E-state index in [1.165, 1.54) is 6.92 Å². The Labute approximate surface area is 146 Å². The summed E-state index contributed by atoms with van der Waals surface area (Å²) < 4.78 is 5.39. The predicted octanol–water partition coefficient (Wildman–Crippen LogP) is 5.85. The van der Waals surface area contributed by atoms with E-state index in [1.807, 2.05) is 70.2 Å². The number of hydrogen-bond donors (Lipinski definition) is 0. The van der Waals surface area contributed by atoms with Crippen LogP contribution in [-0.4, -0.2) is 12.4 Å². The van der Waals surface area contributed by atoms with Gasteiger partial charge in [-0.3, -0.25) is 4.79 Å². The van der Waals surface area contributed by atoms with Gasteiger partial charge in [0.2, 0.25) is 0 Å². The first-order valence-electron chi connectivity index (χ1n) is 8.35. The van der Waals surface area contributed by atoms with E-state index in [9.17, 15) is 4.79 Å². The molecule has 0 radical (unpaired) electrons. The first-order chi connectivity index (χ1) is 11.7. The van der Waals surface area contributed by atoms with E-state index in [0.29, 0.717) is 11.4 Å². The van der Waals surface area contributed by atoms with Gasteiger partial charge >= 0.3 is 0 Å². The molecule has 0 spiro atoms. The summed E-state index contributed by atoms with van der Waals surface area (Å²) in [5.41, 5.74) is 2.82. The lowest BCUT2D eigenvalue weighted by Crippen LogP contribution is -2.06. The van der Waals surface area contributed by atoms with Gasteiger partial charge in [-0.15, -0.1) is 0 Å². The van der Waals surface area contributed by atoms with Crippen LogP contribution in [0, 0.1) is 6.57 Å². The highest BCUT2D eigenvalue weighted by Gasteiger charge is 2.01. The lowest BCUT2D eigenvalue weighted by atomic mass is 10.0. The van der Waals surface area contributed by atoms with Gasteiger partial charge in [-0.1, -0.05) is 69.7 Å². The Morgan fingerprint density at radius 1 is 1.00 bits per heavy atom. The predicted molar refractivity (Wildman–Crippen MR) is 101 cm³/mol. The lowest BCUT2D eigenvalue weighted by Gasteiger charge is -2.07. The molecule has 2 aromatic carbocycles. The molecule has 3 nitrogen and oxygen atoms in total. The van der Waals surface area contributed by atoms with Crippen LogP contribution in [0.5, 0.6) is 5.75 Å². The summed E-state index contributed by atoms with van der Waals surface area (Å²) in [4.78, 5) is 14.3. The van der Waals surface area contributed by atoms with Gasteiger partial charge in [-0.05, 0) is 31.0 Å². The number of carbonyl (C=O) groups excluding carboxylic acids is 1. The fourth-order valence-electron chi connectivity index (χ4n) is 1.90. The normalized spacial score (nSPS) is 8.67. The van der Waals surface area contributed by atoms with Crippen LogP contribution in [-0.2, 0) is 11.2 Å². The number of hydrogen-bond acceptors (Lipinski definition) is 2. The molecule has 0 bridgehead atoms. The van der Waals surface area contributed by atoms with Gasteiger partial charge in [0, 0.05) is 0 Å². The Hall–Kier alpha value is -2.60. The fraction of sp³-hybridized carbons (Fsp3) is 0.333. The van der Waals surface area contributed by atoms with Crippen LogP contribution < -0.4 is 4.74 Å². The summed E-state index contributed by atoms with van der Waals surface area (Å²) in [7, 11) is 0. The molecule has 2 rings (SSSR count). The van der Waals surface area contributed by atoms with Gasteiger partial charge in [-0.25, -0.2) is 4.85 Å². The smallest absolute Gasteiger partial charge is 0.187 e. The van der Waals surface area contributed by atoms with Gasteiger partial charge in [0.1, 0.15) is 12.4 Å². The molecular weight excluding hydrogens is 298 g/mol. The summed E-state index contributed by atoms with van der Waals surface area (Å²) in [5, 5.41) is 0. The molecule has 0 fully saturated rings. The SMILES string of the molecule is CC.CC.[C-]#[N+]c1cccc(Cc2cccc(OCC(C)=O)c2)c1. The molecule has 0 unspecified atom stereocenters. The van der Waals surface area contributed by atoms with Crippen molar-refractivity contribution in [2.75, 3.05) is 6.61 Å². The molecule has 2 aromatic rings. The number of nitrogens with zero attached hydrogens (tertiary/aromatic N) is 1. The van der Waals surface area contributed by atoms with Crippen molar-refractivity contribution < 1.29 is 9.53 Å². The average molecular weight is 325 g/mol. The second kappa shape index (κ2) is 12.9. The van der Waals surface area contributed by atoms with E-state index in [4.69, 9.17) is 11.3 Å². The maximum absolute atomic E-state index is 10.9. The Kier molecular flexibility index (Phi) is 11.5. The molecule has 0 amide bonds. The Morgan fingerprint density at radius 3 is 2.17 bits per heavy atom. The van der Waals surface area contributed by atoms with Crippen LogP contribution in [0.15, 0.2) is 48.5 Å². The monoisotopic (exact) mass is 325 g/mol. The van der Waals surface area contributed by atoms with Gasteiger partial charge in [0.05, 0.1) is 6.57 Å². The minimum Gasteiger partial charge on any atom is -0.486 e. The second-order valence-electron chi connectivity index (χ2n) is 4.60. The second-order valence-corrected chi connectivity index (χ2v) is 4.60. The third-order valence-electron chi connectivity index (χ3n) is 2.79. The fourth-order valence-corrected chi connectivity index (χ4v) is 1.90. The van der Waals surface area contributed by atoms with Crippen LogP contribution in [0.3, 0.4) is 0 Å². The van der Waals surface area contributed by atoms with Gasteiger partial charge in [-0.2, -0.15) is 0 Å². The molecule has 3 heteroatoms. The van der Waals surface area contributed by atoms with Crippen molar-refractivity contribution in [3.8, 4) is 5.75 Å². The van der Waals surface area contributed by atoms with Crippen molar-refractivity contribution >= 4 is 11.5 Å². The van der Waals surface area contributed by atoms with Gasteiger partial charge in [0.25, 0.3) is 0 Å². The Bertz CT molecular complexity index is 657. The van der Waals surface area contributed by atoms with Crippen LogP contribution in [0.25, 0.3) is 4.85 Å². The third kappa shape index (κ3) is 8.14. The number of ether oxygens (including phenoxy) is 1. The highest BCUT2D eigenvalue weighted by Crippen LogP contribution is 2.19. The summed E-state index contributed by atoms with van der Waals surface area (Å²) in [6.07, 6.45) is 0.737. The number of Topliss-reactive ketones (excluding diaryl/α,β-unsaturated/α-hetero) is 1. The summed E-state index contributed by atoms with van der Waals surface area (Å²) in [5.74, 6) is 0.694. The van der Waals surface area contributed by atoms with E-state index < -0.39 is 0 Å². The zero-order valence-corrected chi connectivity index (χ0v) is 15.3. The van der Waals surface area contributed by atoms with Crippen molar-refractivity contribution in [3.63, 3.8) is 0 Å². The number of rotatable bonds is 5. The van der Waals surface area contributed by atoms with E-state index >= 15 is 0 Å². The number of carbonyl (C=O) groups is 1. The molecule has 24 heavy (non-hydrogen) atoms. The van der Waals surface area contributed by atoms with E-state index in [-0.39, 0.29) is 12.4 Å². The molecule has 0 saturated heterocycles. The van der Waals surface area contributed by atoms with E-state index in [2.05, 4.69) is 4.85 Å². The molecule has 0 aliphatic carbocycles. The van der Waals surface area contributed by atoms with Crippen LogP contribution in [0.4, 0.5) is 5.69 Å². The largest absolute Gasteiger partial charge is 0.486 e. The maximum Gasteiger partial charge on any atom is 0.187 e. The third-order valence-corrected chi connectivity index (χ3v) is 2.79. The topological polar surface area (TPSA) is 30.7 Å². The highest BCUT2D eigenvalue weighted by molar-refractivity contribution is 5.77. The first kappa shape index (κ1) is 21.4. The lowest BCUT2D eigenvalue weighted by molar-refractivity contribution is -0.118. The van der Waals surface area contributed by atoms with Crippen molar-refractivity contribution in [1.29, 1.82) is 0 Å². The zero-order valence-electron chi connectivity index (χ0n) is 15.3. The zero-order chi connectivity index (χ0) is 18.4. The van der Waals surface area contributed by atoms with Crippen LogP contribution >= 0.6 is 0 Å². The standard InChI is InChI=1S/C17H15NO2.2C2H6/c1-13(19)12-20-17-8-4-6-15(11-17)9-14-5-3-7-16(10-14)18-2;2*1-2/h3-8,10-11H,9,12H2,1H3;2*1-2H3. The molecular formula is C21H27NO2. The van der Waals surface area contributed by atoms with Gasteiger partial charge in [0.15, 0.2) is 11.5 Å². The minimum absolute atomic E-state index is 0.000150. The molecule has 0 heterocycles. The van der Waals surface area contributed by atoms with Crippen molar-refractivity contribution in [1.82, 2.24) is 0 Å². The molecule has 0 aromatic heterocycles. The van der Waals surface area contributed by atoms with Crippen molar-refractivity contribution in [3.05, 3.63) is 71.1 Å². The molecule has 128 valence electrons. The average Bonchev–Trinajstić information content (AvgIpc) is 2.64. The van der Waals surface area contributed by atoms with Crippen LogP contribution in [0.1, 0.15) is 45.7 Å². The number of ketones is 1. The van der Waals surface area contributed by atoms with Crippen LogP contribution in [0.2, 0.25) is 0 Å². The van der Waals surface area contributed by atoms with E-state index in [0.717, 1.165) is 17.5 Å². The molecule has 0 atom stereocenters.